The summed E-state index contributed by atoms with van der Waals surface area (Å²) >= 11 is 0. The van der Waals surface area contributed by atoms with E-state index in [1.165, 1.54) is 0 Å². The molecule has 0 aliphatic rings. The minimum absolute atomic E-state index is 0. The van der Waals surface area contributed by atoms with Crippen LogP contribution in [0, 0.1) is 0 Å². The molecule has 2 rings (SSSR count). The Morgan fingerprint density at radius 3 is 2.86 bits per heavy atom. The number of aromatic amines is 1. The molecular weight excluding hydrogens is 202 g/mol. The fourth-order valence-corrected chi connectivity index (χ4v) is 1.14. The lowest BCUT2D eigenvalue weighted by Gasteiger charge is -1.97. The van der Waals surface area contributed by atoms with Crippen molar-refractivity contribution in [1.82, 2.24) is 20.6 Å². The molecule has 1 aromatic carbocycles. The zero-order chi connectivity index (χ0) is 9.10. The van der Waals surface area contributed by atoms with E-state index < -0.39 is 0 Å². The summed E-state index contributed by atoms with van der Waals surface area (Å²) in [4.78, 5) is 0. The lowest BCUT2D eigenvalue weighted by molar-refractivity contribution is 0.881. The van der Waals surface area contributed by atoms with Crippen LogP contribution in [-0.2, 0) is 6.42 Å². The van der Waals surface area contributed by atoms with Gasteiger partial charge in [-0.15, -0.1) is 22.6 Å². The van der Waals surface area contributed by atoms with Gasteiger partial charge >= 0.3 is 0 Å². The van der Waals surface area contributed by atoms with E-state index in [-0.39, 0.29) is 12.4 Å². The van der Waals surface area contributed by atoms with Gasteiger partial charge in [0.2, 0.25) is 0 Å². The highest BCUT2D eigenvalue weighted by Crippen LogP contribution is 2.08. The number of anilines is 1. The van der Waals surface area contributed by atoms with Crippen LogP contribution in [0.3, 0.4) is 0 Å². The first kappa shape index (κ1) is 10.5. The SMILES string of the molecule is Cl.Nc1cccc(Cc2nn[nH]n2)c1. The maximum atomic E-state index is 5.62. The second kappa shape index (κ2) is 4.57. The molecule has 0 aliphatic heterocycles. The monoisotopic (exact) mass is 211 g/mol. The molecule has 0 unspecified atom stereocenters. The highest BCUT2D eigenvalue weighted by Gasteiger charge is 1.99. The first-order chi connectivity index (χ1) is 6.34. The largest absolute Gasteiger partial charge is 0.399 e. The van der Waals surface area contributed by atoms with Gasteiger partial charge < -0.3 is 5.73 Å². The van der Waals surface area contributed by atoms with Gasteiger partial charge in [0.15, 0.2) is 5.82 Å². The van der Waals surface area contributed by atoms with E-state index in [1.807, 2.05) is 24.3 Å². The summed E-state index contributed by atoms with van der Waals surface area (Å²) in [6.07, 6.45) is 0.654. The number of nitrogens with two attached hydrogens (primary N) is 1. The minimum Gasteiger partial charge on any atom is -0.399 e. The number of halogens is 1. The number of hydrogen-bond acceptors (Lipinski definition) is 4. The Balaban J connectivity index is 0.000000980. The fourth-order valence-electron chi connectivity index (χ4n) is 1.14. The third-order valence-corrected chi connectivity index (χ3v) is 1.70. The molecule has 1 heterocycles. The molecular formula is C8H10ClN5. The van der Waals surface area contributed by atoms with Crippen LogP contribution in [0.1, 0.15) is 11.4 Å². The summed E-state index contributed by atoms with van der Waals surface area (Å²) in [7, 11) is 0. The maximum Gasteiger partial charge on any atom is 0.178 e. The quantitative estimate of drug-likeness (QED) is 0.720. The number of nitrogens with one attached hydrogen (secondary N) is 1. The topological polar surface area (TPSA) is 80.5 Å². The number of nitrogens with zero attached hydrogens (tertiary/aromatic N) is 3. The van der Waals surface area contributed by atoms with Gasteiger partial charge in [-0.2, -0.15) is 5.21 Å². The van der Waals surface area contributed by atoms with Gasteiger partial charge in [0.05, 0.1) is 0 Å². The number of hydrogen-bond donors (Lipinski definition) is 2. The van der Waals surface area contributed by atoms with Crippen LogP contribution in [0.5, 0.6) is 0 Å². The summed E-state index contributed by atoms with van der Waals surface area (Å²) < 4.78 is 0. The van der Waals surface area contributed by atoms with Gasteiger partial charge in [0.1, 0.15) is 0 Å². The molecule has 0 radical (unpaired) electrons. The minimum atomic E-state index is 0. The molecule has 0 amide bonds. The standard InChI is InChI=1S/C8H9N5.ClH/c9-7-3-1-2-6(4-7)5-8-10-12-13-11-8;/h1-4H,5,9H2,(H,10,11,12,13);1H. The van der Waals surface area contributed by atoms with E-state index in [9.17, 15) is 0 Å². The molecule has 0 saturated heterocycles. The Morgan fingerprint density at radius 1 is 1.36 bits per heavy atom. The van der Waals surface area contributed by atoms with Crippen LogP contribution in [0.2, 0.25) is 0 Å². The van der Waals surface area contributed by atoms with Crippen molar-refractivity contribution in [3.8, 4) is 0 Å². The summed E-state index contributed by atoms with van der Waals surface area (Å²) in [5.41, 5.74) is 7.46. The lowest BCUT2D eigenvalue weighted by Crippen LogP contribution is -1.92. The van der Waals surface area contributed by atoms with Crippen LogP contribution in [0.25, 0.3) is 0 Å². The normalized spacial score (nSPS) is 9.43. The van der Waals surface area contributed by atoms with E-state index in [0.29, 0.717) is 12.2 Å². The second-order valence-corrected chi connectivity index (χ2v) is 2.75. The fraction of sp³-hybridized carbons (Fsp3) is 0.125. The van der Waals surface area contributed by atoms with Crippen molar-refractivity contribution in [3.05, 3.63) is 35.7 Å². The van der Waals surface area contributed by atoms with Crippen molar-refractivity contribution < 1.29 is 0 Å². The molecule has 14 heavy (non-hydrogen) atoms. The van der Waals surface area contributed by atoms with Crippen molar-refractivity contribution in [2.45, 2.75) is 6.42 Å². The van der Waals surface area contributed by atoms with E-state index >= 15 is 0 Å². The number of benzene rings is 1. The van der Waals surface area contributed by atoms with E-state index in [4.69, 9.17) is 5.73 Å². The number of H-pyrrole nitrogens is 1. The van der Waals surface area contributed by atoms with Crippen molar-refractivity contribution in [2.24, 2.45) is 0 Å². The Kier molecular flexibility index (Phi) is 3.41. The molecule has 0 bridgehead atoms. The predicted molar refractivity (Wildman–Crippen MR) is 55.1 cm³/mol. The van der Waals surface area contributed by atoms with Crippen molar-refractivity contribution >= 4 is 18.1 Å². The van der Waals surface area contributed by atoms with E-state index in [0.717, 1.165) is 11.3 Å². The van der Waals surface area contributed by atoms with Crippen LogP contribution in [0.15, 0.2) is 24.3 Å². The molecule has 1 aromatic heterocycles. The van der Waals surface area contributed by atoms with Gasteiger partial charge in [-0.05, 0) is 17.7 Å². The average Bonchev–Trinajstić information content (AvgIpc) is 2.57. The van der Waals surface area contributed by atoms with Crippen LogP contribution in [-0.4, -0.2) is 20.6 Å². The maximum absolute atomic E-state index is 5.62. The Labute approximate surface area is 87.1 Å². The van der Waals surface area contributed by atoms with Gasteiger partial charge in [-0.3, -0.25) is 0 Å². The van der Waals surface area contributed by atoms with Crippen molar-refractivity contribution in [2.75, 3.05) is 5.73 Å². The van der Waals surface area contributed by atoms with Crippen molar-refractivity contribution in [3.63, 3.8) is 0 Å². The van der Waals surface area contributed by atoms with Gasteiger partial charge in [-0.25, -0.2) is 0 Å². The second-order valence-electron chi connectivity index (χ2n) is 2.75. The molecule has 5 nitrogen and oxygen atoms in total. The molecule has 0 saturated carbocycles. The number of aromatic nitrogens is 4. The molecule has 0 atom stereocenters. The molecule has 74 valence electrons. The zero-order valence-electron chi connectivity index (χ0n) is 7.34. The Hall–Kier alpha value is -1.62. The van der Waals surface area contributed by atoms with Crippen LogP contribution < -0.4 is 5.73 Å². The molecule has 6 heteroatoms. The van der Waals surface area contributed by atoms with E-state index in [2.05, 4.69) is 20.6 Å². The molecule has 0 spiro atoms. The molecule has 0 aliphatic carbocycles. The van der Waals surface area contributed by atoms with Crippen LogP contribution in [0.4, 0.5) is 5.69 Å². The number of nitrogen functional groups attached to an aromatic ring is 1. The molecule has 3 N–H and O–H groups in total. The highest BCUT2D eigenvalue weighted by molar-refractivity contribution is 5.85. The van der Waals surface area contributed by atoms with Crippen LogP contribution >= 0.6 is 12.4 Å². The predicted octanol–water partition coefficient (Wildman–Crippen LogP) is 0.795. The Morgan fingerprint density at radius 2 is 2.21 bits per heavy atom. The third kappa shape index (κ3) is 2.43. The number of tetrazole rings is 1. The van der Waals surface area contributed by atoms with Gasteiger partial charge in [0, 0.05) is 12.1 Å². The summed E-state index contributed by atoms with van der Waals surface area (Å²) in [5.74, 6) is 0.672. The smallest absolute Gasteiger partial charge is 0.178 e. The third-order valence-electron chi connectivity index (χ3n) is 1.70. The average molecular weight is 212 g/mol. The Bertz CT molecular complexity index is 386. The van der Waals surface area contributed by atoms with Gasteiger partial charge in [-0.1, -0.05) is 17.3 Å². The zero-order valence-corrected chi connectivity index (χ0v) is 8.16. The first-order valence-corrected chi connectivity index (χ1v) is 3.91. The van der Waals surface area contributed by atoms with Crippen molar-refractivity contribution in [1.29, 1.82) is 0 Å². The summed E-state index contributed by atoms with van der Waals surface area (Å²) in [5, 5.41) is 13.6. The summed E-state index contributed by atoms with van der Waals surface area (Å²) in [6, 6.07) is 7.63. The lowest BCUT2D eigenvalue weighted by atomic mass is 10.1. The molecule has 0 fully saturated rings. The highest BCUT2D eigenvalue weighted by atomic mass is 35.5. The van der Waals surface area contributed by atoms with E-state index in [1.54, 1.807) is 0 Å². The van der Waals surface area contributed by atoms with Gasteiger partial charge in [0.25, 0.3) is 0 Å². The first-order valence-electron chi connectivity index (χ1n) is 3.91. The molecule has 2 aromatic rings. The summed E-state index contributed by atoms with van der Waals surface area (Å²) in [6.45, 7) is 0. The number of rotatable bonds is 2.